The van der Waals surface area contributed by atoms with E-state index < -0.39 is 0 Å². The molecule has 0 N–H and O–H groups in total. The van der Waals surface area contributed by atoms with Gasteiger partial charge >= 0.3 is 0 Å². The number of hydrogen-bond donors (Lipinski definition) is 0. The van der Waals surface area contributed by atoms with Gasteiger partial charge in [0, 0.05) is 10.7 Å². The van der Waals surface area contributed by atoms with Crippen LogP contribution in [0.2, 0.25) is 5.02 Å². The maximum Gasteiger partial charge on any atom is 0.263 e. The minimum Gasteiger partial charge on any atom is -0.294 e. The van der Waals surface area contributed by atoms with Crippen molar-refractivity contribution in [2.45, 2.75) is 32.7 Å². The Morgan fingerprint density at radius 2 is 2.08 bits per heavy atom. The molecular weight excluding hydrogens is 322 g/mol. The monoisotopic (exact) mass is 339 g/mol. The van der Waals surface area contributed by atoms with Gasteiger partial charge in [0.1, 0.15) is 6.33 Å². The first-order valence-electron chi connectivity index (χ1n) is 8.22. The summed E-state index contributed by atoms with van der Waals surface area (Å²) >= 11 is 5.91. The summed E-state index contributed by atoms with van der Waals surface area (Å²) in [5, 5.41) is 1.30. The quantitative estimate of drug-likeness (QED) is 0.716. The number of aromatic nitrogens is 3. The lowest BCUT2D eigenvalue weighted by molar-refractivity contribution is 0.495. The smallest absolute Gasteiger partial charge is 0.263 e. The number of benzene rings is 1. The van der Waals surface area contributed by atoms with Crippen LogP contribution in [-0.4, -0.2) is 14.5 Å². The van der Waals surface area contributed by atoms with Crippen LogP contribution in [0.3, 0.4) is 0 Å². The van der Waals surface area contributed by atoms with Crippen LogP contribution >= 0.6 is 11.6 Å². The first-order chi connectivity index (χ1) is 11.6. The molecule has 0 saturated heterocycles. The summed E-state index contributed by atoms with van der Waals surface area (Å²) in [5.41, 5.74) is 3.83. The van der Waals surface area contributed by atoms with Crippen LogP contribution in [0, 0.1) is 5.92 Å². The Bertz CT molecular complexity index is 963. The molecule has 5 heteroatoms. The number of pyridine rings is 1. The van der Waals surface area contributed by atoms with Gasteiger partial charge in [-0.1, -0.05) is 30.7 Å². The number of fused-ring (bicyclic) bond motifs is 2. The lowest BCUT2D eigenvalue weighted by atomic mass is 9.87. The fourth-order valence-corrected chi connectivity index (χ4v) is 3.45. The molecule has 24 heavy (non-hydrogen) atoms. The summed E-state index contributed by atoms with van der Waals surface area (Å²) < 4.78 is 1.63. The molecule has 1 atom stereocenters. The summed E-state index contributed by atoms with van der Waals surface area (Å²) in [7, 11) is 0. The van der Waals surface area contributed by atoms with E-state index in [2.05, 4.69) is 16.9 Å². The third kappa shape index (κ3) is 2.82. The third-order valence-corrected chi connectivity index (χ3v) is 4.94. The average molecular weight is 340 g/mol. The molecule has 0 spiro atoms. The van der Waals surface area contributed by atoms with E-state index in [9.17, 15) is 4.79 Å². The van der Waals surface area contributed by atoms with Gasteiger partial charge < -0.3 is 0 Å². The van der Waals surface area contributed by atoms with E-state index in [1.165, 1.54) is 5.56 Å². The summed E-state index contributed by atoms with van der Waals surface area (Å²) in [6.07, 6.45) is 4.70. The van der Waals surface area contributed by atoms with Crippen molar-refractivity contribution in [3.8, 4) is 0 Å². The summed E-state index contributed by atoms with van der Waals surface area (Å²) in [6.45, 7) is 2.72. The second-order valence-corrected chi connectivity index (χ2v) is 7.05. The van der Waals surface area contributed by atoms with E-state index in [1.807, 2.05) is 30.3 Å². The van der Waals surface area contributed by atoms with Crippen LogP contribution in [-0.2, 0) is 19.4 Å². The molecule has 0 bridgehead atoms. The van der Waals surface area contributed by atoms with Crippen molar-refractivity contribution in [3.05, 3.63) is 68.9 Å². The van der Waals surface area contributed by atoms with E-state index in [4.69, 9.17) is 11.6 Å². The summed E-state index contributed by atoms with van der Waals surface area (Å²) in [5.74, 6) is 0.643. The molecule has 2 aromatic heterocycles. The highest BCUT2D eigenvalue weighted by Crippen LogP contribution is 2.25. The van der Waals surface area contributed by atoms with Crippen molar-refractivity contribution >= 4 is 22.6 Å². The zero-order valence-corrected chi connectivity index (χ0v) is 14.3. The van der Waals surface area contributed by atoms with Gasteiger partial charge in [0.15, 0.2) is 5.65 Å². The Hall–Kier alpha value is -2.20. The van der Waals surface area contributed by atoms with Crippen molar-refractivity contribution in [1.29, 1.82) is 0 Å². The minimum absolute atomic E-state index is 0.0384. The minimum atomic E-state index is -0.0384. The normalized spacial score (nSPS) is 17.0. The van der Waals surface area contributed by atoms with Gasteiger partial charge in [0.05, 0.1) is 11.9 Å². The molecule has 0 amide bonds. The predicted octanol–water partition coefficient (Wildman–Crippen LogP) is 3.62. The number of nitrogens with zero attached hydrogens (tertiary/aromatic N) is 3. The molecule has 0 fully saturated rings. The highest BCUT2D eigenvalue weighted by Gasteiger charge is 2.18. The lowest BCUT2D eigenvalue weighted by Crippen LogP contribution is -2.23. The first-order valence-corrected chi connectivity index (χ1v) is 8.60. The van der Waals surface area contributed by atoms with E-state index >= 15 is 0 Å². The Labute approximate surface area is 145 Å². The highest BCUT2D eigenvalue weighted by atomic mass is 35.5. The number of rotatable bonds is 2. The summed E-state index contributed by atoms with van der Waals surface area (Å²) in [6, 6.07) is 9.50. The Morgan fingerprint density at radius 1 is 1.29 bits per heavy atom. The van der Waals surface area contributed by atoms with Crippen LogP contribution in [0.1, 0.15) is 30.2 Å². The van der Waals surface area contributed by atoms with Gasteiger partial charge in [-0.3, -0.25) is 9.36 Å². The molecule has 1 unspecified atom stereocenters. The van der Waals surface area contributed by atoms with Crippen LogP contribution in [0.25, 0.3) is 11.0 Å². The van der Waals surface area contributed by atoms with Crippen molar-refractivity contribution in [3.63, 3.8) is 0 Å². The number of halogens is 1. The molecule has 1 aromatic carbocycles. The molecule has 1 aliphatic rings. The van der Waals surface area contributed by atoms with Crippen LogP contribution in [0.4, 0.5) is 0 Å². The van der Waals surface area contributed by atoms with Crippen molar-refractivity contribution in [1.82, 2.24) is 14.5 Å². The Kier molecular flexibility index (Phi) is 3.85. The van der Waals surface area contributed by atoms with Gasteiger partial charge in [-0.05, 0) is 54.5 Å². The van der Waals surface area contributed by atoms with Gasteiger partial charge in [0.25, 0.3) is 5.56 Å². The second kappa shape index (κ2) is 6.02. The van der Waals surface area contributed by atoms with Crippen LogP contribution < -0.4 is 5.56 Å². The van der Waals surface area contributed by atoms with Crippen LogP contribution in [0.5, 0.6) is 0 Å². The molecule has 4 nitrogen and oxygen atoms in total. The maximum atomic E-state index is 12.8. The van der Waals surface area contributed by atoms with E-state index in [0.29, 0.717) is 28.5 Å². The molecule has 1 aliphatic carbocycles. The van der Waals surface area contributed by atoms with Gasteiger partial charge in [0.2, 0.25) is 0 Å². The molecule has 0 saturated carbocycles. The average Bonchev–Trinajstić information content (AvgIpc) is 2.58. The number of aryl methyl sites for hydroxylation is 1. The zero-order valence-electron chi connectivity index (χ0n) is 13.5. The number of hydrogen-bond acceptors (Lipinski definition) is 3. The SMILES string of the molecule is CC1CCc2nc3ncn(Cc4ccc(Cl)cc4)c(=O)c3cc2C1. The fourth-order valence-electron chi connectivity index (χ4n) is 3.32. The van der Waals surface area contributed by atoms with Crippen molar-refractivity contribution < 1.29 is 0 Å². The molecule has 4 rings (SSSR count). The zero-order chi connectivity index (χ0) is 16.7. The van der Waals surface area contributed by atoms with Gasteiger partial charge in [-0.2, -0.15) is 0 Å². The van der Waals surface area contributed by atoms with E-state index in [1.54, 1.807) is 10.9 Å². The van der Waals surface area contributed by atoms with Gasteiger partial charge in [-0.15, -0.1) is 0 Å². The second-order valence-electron chi connectivity index (χ2n) is 6.62. The van der Waals surface area contributed by atoms with Gasteiger partial charge in [-0.25, -0.2) is 9.97 Å². The fraction of sp³-hybridized carbons (Fsp3) is 0.316. The molecule has 3 aromatic rings. The maximum absolute atomic E-state index is 12.8. The third-order valence-electron chi connectivity index (χ3n) is 4.69. The Balaban J connectivity index is 1.77. The summed E-state index contributed by atoms with van der Waals surface area (Å²) in [4.78, 5) is 21.9. The van der Waals surface area contributed by atoms with Crippen molar-refractivity contribution in [2.75, 3.05) is 0 Å². The lowest BCUT2D eigenvalue weighted by Gasteiger charge is -2.20. The predicted molar refractivity (Wildman–Crippen MR) is 95.5 cm³/mol. The standard InChI is InChI=1S/C19H18ClN3O/c1-12-2-7-17-14(8-12)9-16-18(22-17)21-11-23(19(16)24)10-13-3-5-15(20)6-4-13/h3-6,9,11-12H,2,7-8,10H2,1H3. The molecule has 122 valence electrons. The molecule has 0 radical (unpaired) electrons. The largest absolute Gasteiger partial charge is 0.294 e. The molecular formula is C19H18ClN3O. The Morgan fingerprint density at radius 3 is 2.88 bits per heavy atom. The first kappa shape index (κ1) is 15.3. The van der Waals surface area contributed by atoms with E-state index in [0.717, 1.165) is 30.5 Å². The van der Waals surface area contributed by atoms with Crippen molar-refractivity contribution in [2.24, 2.45) is 5.92 Å². The highest BCUT2D eigenvalue weighted by molar-refractivity contribution is 6.30. The molecule has 0 aliphatic heterocycles. The topological polar surface area (TPSA) is 47.8 Å². The van der Waals surface area contributed by atoms with E-state index in [-0.39, 0.29) is 5.56 Å². The van der Waals surface area contributed by atoms with Crippen LogP contribution in [0.15, 0.2) is 41.5 Å². The molecule has 2 heterocycles.